The van der Waals surface area contributed by atoms with Crippen LogP contribution in [0.15, 0.2) is 60.7 Å². The number of carboxylic acid groups (broad SMARTS) is 1. The highest BCUT2D eigenvalue weighted by Gasteiger charge is 2.24. The molecule has 3 aromatic carbocycles. The number of ether oxygens (including phenoxy) is 1. The highest BCUT2D eigenvalue weighted by Crippen LogP contribution is 2.35. The highest BCUT2D eigenvalue weighted by molar-refractivity contribution is 6.32. The lowest BCUT2D eigenvalue weighted by Crippen LogP contribution is -2.26. The molecule has 2 atom stereocenters. The normalized spacial score (nSPS) is 15.1. The van der Waals surface area contributed by atoms with Crippen LogP contribution in [0, 0.1) is 12.8 Å². The summed E-state index contributed by atoms with van der Waals surface area (Å²) in [6, 6.07) is 19.9. The maximum absolute atomic E-state index is 13.5. The van der Waals surface area contributed by atoms with E-state index in [1.54, 1.807) is 6.07 Å². The number of carbonyl (C=O) groups is 2. The summed E-state index contributed by atoms with van der Waals surface area (Å²) in [6.07, 6.45) is 3.33. The van der Waals surface area contributed by atoms with E-state index in [4.69, 9.17) is 16.3 Å². The second-order valence-electron chi connectivity index (χ2n) is 13.3. The topological polar surface area (TPSA) is 80.6 Å². The third-order valence-corrected chi connectivity index (χ3v) is 9.35. The number of aromatic nitrogens is 1. The first-order chi connectivity index (χ1) is 20.8. The average Bonchev–Trinajstić information content (AvgIpc) is 3.21. The van der Waals surface area contributed by atoms with Gasteiger partial charge in [-0.15, -0.1) is 0 Å². The van der Waals surface area contributed by atoms with Crippen molar-refractivity contribution in [2.24, 2.45) is 5.92 Å². The van der Waals surface area contributed by atoms with Crippen LogP contribution < -0.4 is 10.1 Å². The van der Waals surface area contributed by atoms with E-state index in [1.807, 2.05) is 31.2 Å². The fourth-order valence-electron chi connectivity index (χ4n) is 5.91. The zero-order valence-electron chi connectivity index (χ0n) is 26.5. The van der Waals surface area contributed by atoms with Crippen molar-refractivity contribution in [2.45, 2.75) is 91.3 Å². The zero-order valence-corrected chi connectivity index (χ0v) is 27.3. The van der Waals surface area contributed by atoms with Gasteiger partial charge in [-0.05, 0) is 97.9 Å². The molecule has 7 heteroatoms. The van der Waals surface area contributed by atoms with Gasteiger partial charge in [-0.1, -0.05) is 75.2 Å². The van der Waals surface area contributed by atoms with Gasteiger partial charge in [-0.3, -0.25) is 4.79 Å². The van der Waals surface area contributed by atoms with Crippen molar-refractivity contribution < 1.29 is 19.4 Å². The van der Waals surface area contributed by atoms with Crippen molar-refractivity contribution in [3.05, 3.63) is 99.2 Å². The van der Waals surface area contributed by atoms with E-state index in [2.05, 4.69) is 67.9 Å². The molecule has 0 unspecified atom stereocenters. The Hall–Kier alpha value is -3.77. The first-order valence-corrected chi connectivity index (χ1v) is 15.9. The van der Waals surface area contributed by atoms with Crippen LogP contribution in [-0.2, 0) is 23.2 Å². The number of fused-ring (bicyclic) bond motifs is 1. The number of nitrogens with one attached hydrogen (secondary N) is 1. The SMILES string of the molecule is Cc1c(Cc2ccc(Cl)c(O[C@@H](C)C(=O)O)c2)c2ccc(C(=O)N[C@@H](C)c3ccc(C(C)(C)C)cc3)cc2n1CC1CCC1. The molecule has 2 N–H and O–H groups in total. The van der Waals surface area contributed by atoms with E-state index >= 15 is 0 Å². The van der Waals surface area contributed by atoms with Crippen molar-refractivity contribution >= 4 is 34.4 Å². The Morgan fingerprint density at radius 2 is 1.75 bits per heavy atom. The number of rotatable bonds is 10. The first-order valence-electron chi connectivity index (χ1n) is 15.5. The summed E-state index contributed by atoms with van der Waals surface area (Å²) < 4.78 is 8.00. The molecule has 0 bridgehead atoms. The summed E-state index contributed by atoms with van der Waals surface area (Å²) in [6.45, 7) is 13.2. The zero-order chi connectivity index (χ0) is 31.8. The predicted molar refractivity (Wildman–Crippen MR) is 177 cm³/mol. The number of hydrogen-bond donors (Lipinski definition) is 2. The van der Waals surface area contributed by atoms with Crippen LogP contribution in [0.25, 0.3) is 10.9 Å². The highest BCUT2D eigenvalue weighted by atomic mass is 35.5. The Morgan fingerprint density at radius 1 is 1.05 bits per heavy atom. The van der Waals surface area contributed by atoms with Gasteiger partial charge in [0.25, 0.3) is 5.91 Å². The third-order valence-electron chi connectivity index (χ3n) is 9.04. The summed E-state index contributed by atoms with van der Waals surface area (Å²) >= 11 is 6.35. The molecule has 232 valence electrons. The Kier molecular flexibility index (Phi) is 9.12. The number of aliphatic carboxylic acids is 1. The molecule has 6 nitrogen and oxygen atoms in total. The van der Waals surface area contributed by atoms with Crippen LogP contribution in [0.4, 0.5) is 0 Å². The average molecular weight is 615 g/mol. The molecule has 0 aliphatic heterocycles. The molecule has 1 fully saturated rings. The number of carboxylic acids is 1. The van der Waals surface area contributed by atoms with Gasteiger partial charge >= 0.3 is 5.97 Å². The molecule has 1 heterocycles. The van der Waals surface area contributed by atoms with E-state index in [0.717, 1.165) is 28.6 Å². The first kappa shape index (κ1) is 31.6. The van der Waals surface area contributed by atoms with Crippen LogP contribution in [-0.4, -0.2) is 27.7 Å². The predicted octanol–water partition coefficient (Wildman–Crippen LogP) is 8.63. The summed E-state index contributed by atoms with van der Waals surface area (Å²) in [5.41, 5.74) is 7.44. The molecule has 1 aliphatic carbocycles. The number of halogens is 1. The van der Waals surface area contributed by atoms with Gasteiger partial charge in [0.1, 0.15) is 5.75 Å². The molecule has 0 radical (unpaired) electrons. The van der Waals surface area contributed by atoms with E-state index in [-0.39, 0.29) is 17.4 Å². The Balaban J connectivity index is 1.43. The fraction of sp³-hybridized carbons (Fsp3) is 0.405. The number of benzene rings is 3. The Labute approximate surface area is 265 Å². The monoisotopic (exact) mass is 614 g/mol. The second-order valence-corrected chi connectivity index (χ2v) is 13.7. The quantitative estimate of drug-likeness (QED) is 0.187. The van der Waals surface area contributed by atoms with Crippen molar-refractivity contribution in [2.75, 3.05) is 0 Å². The fourth-order valence-corrected chi connectivity index (χ4v) is 6.07. The lowest BCUT2D eigenvalue weighted by molar-refractivity contribution is -0.144. The molecular formula is C37H43ClN2O4. The van der Waals surface area contributed by atoms with E-state index in [0.29, 0.717) is 28.7 Å². The number of amides is 1. The van der Waals surface area contributed by atoms with Crippen molar-refractivity contribution in [3.63, 3.8) is 0 Å². The third kappa shape index (κ3) is 6.81. The largest absolute Gasteiger partial charge is 0.479 e. The smallest absolute Gasteiger partial charge is 0.344 e. The van der Waals surface area contributed by atoms with Crippen LogP contribution in [0.2, 0.25) is 5.02 Å². The molecule has 0 spiro atoms. The molecule has 1 amide bonds. The van der Waals surface area contributed by atoms with Crippen molar-refractivity contribution in [3.8, 4) is 5.75 Å². The van der Waals surface area contributed by atoms with Crippen molar-refractivity contribution in [1.29, 1.82) is 0 Å². The van der Waals surface area contributed by atoms with E-state index in [9.17, 15) is 14.7 Å². The summed E-state index contributed by atoms with van der Waals surface area (Å²) in [5, 5.41) is 14.0. The lowest BCUT2D eigenvalue weighted by Gasteiger charge is -2.27. The van der Waals surface area contributed by atoms with Gasteiger partial charge in [0.15, 0.2) is 6.10 Å². The van der Waals surface area contributed by atoms with Crippen LogP contribution in [0.1, 0.15) is 98.2 Å². The molecule has 0 saturated heterocycles. The van der Waals surface area contributed by atoms with Crippen LogP contribution >= 0.6 is 11.6 Å². The standard InChI is InChI=1S/C37H43ClN2O4/c1-22(27-11-14-29(15-12-27)37(4,5)6)39-35(41)28-13-16-30-31(23(2)40(33(30)20-28)21-25-8-7-9-25)18-26-10-17-32(38)34(19-26)44-24(3)36(42)43/h10-17,19-20,22,24-25H,7-9,18,21H2,1-6H3,(H,39,41)(H,42,43)/t22-,24-/m0/s1. The lowest BCUT2D eigenvalue weighted by atomic mass is 9.85. The van der Waals surface area contributed by atoms with Crippen LogP contribution in [0.3, 0.4) is 0 Å². The molecule has 5 rings (SSSR count). The molecule has 4 aromatic rings. The van der Waals surface area contributed by atoms with Gasteiger partial charge < -0.3 is 19.7 Å². The maximum atomic E-state index is 13.5. The molecule has 44 heavy (non-hydrogen) atoms. The second kappa shape index (κ2) is 12.7. The molecule has 1 aliphatic rings. The van der Waals surface area contributed by atoms with Crippen LogP contribution in [0.5, 0.6) is 5.75 Å². The number of carbonyl (C=O) groups excluding carboxylic acids is 1. The summed E-state index contributed by atoms with van der Waals surface area (Å²) in [7, 11) is 0. The summed E-state index contributed by atoms with van der Waals surface area (Å²) in [5.74, 6) is -0.147. The number of hydrogen-bond acceptors (Lipinski definition) is 3. The summed E-state index contributed by atoms with van der Waals surface area (Å²) in [4.78, 5) is 24.9. The van der Waals surface area contributed by atoms with E-state index in [1.165, 1.54) is 43.0 Å². The minimum atomic E-state index is -1.05. The maximum Gasteiger partial charge on any atom is 0.344 e. The molecular weight excluding hydrogens is 572 g/mol. The Bertz CT molecular complexity index is 1680. The minimum absolute atomic E-state index is 0.0777. The van der Waals surface area contributed by atoms with E-state index < -0.39 is 12.1 Å². The van der Waals surface area contributed by atoms with Gasteiger partial charge in [0.2, 0.25) is 0 Å². The molecule has 1 aromatic heterocycles. The van der Waals surface area contributed by atoms with Gasteiger partial charge in [-0.2, -0.15) is 0 Å². The van der Waals surface area contributed by atoms with Gasteiger partial charge in [0, 0.05) is 28.7 Å². The molecule has 1 saturated carbocycles. The Morgan fingerprint density at radius 3 is 2.36 bits per heavy atom. The van der Waals surface area contributed by atoms with Gasteiger partial charge in [-0.25, -0.2) is 4.79 Å². The van der Waals surface area contributed by atoms with Crippen molar-refractivity contribution in [1.82, 2.24) is 9.88 Å². The number of nitrogens with zero attached hydrogens (tertiary/aromatic N) is 1. The minimum Gasteiger partial charge on any atom is -0.479 e. The van der Waals surface area contributed by atoms with Gasteiger partial charge in [0.05, 0.1) is 11.1 Å².